The average molecular weight is 446 g/mol. The molecule has 0 aromatic heterocycles. The van der Waals surface area contributed by atoms with Crippen LogP contribution in [0.2, 0.25) is 0 Å². The lowest BCUT2D eigenvalue weighted by Gasteiger charge is -2.75. The molecule has 0 radical (unpaired) electrons. The van der Waals surface area contributed by atoms with Crippen molar-refractivity contribution in [3.8, 4) is 0 Å². The normalized spacial score (nSPS) is 35.2. The Labute approximate surface area is 179 Å². The summed E-state index contributed by atoms with van der Waals surface area (Å²) in [6.45, 7) is 0.514. The Morgan fingerprint density at radius 2 is 0.903 bits per heavy atom. The number of carbonyl (C=O) groups excluding carboxylic acids is 3. The number of hydrogen-bond acceptors (Lipinski definition) is 13. The number of methoxy groups -OCH3 is 3. The van der Waals surface area contributed by atoms with Crippen LogP contribution in [0.3, 0.4) is 0 Å². The van der Waals surface area contributed by atoms with E-state index in [1.165, 1.54) is 21.3 Å². The number of esters is 3. The van der Waals surface area contributed by atoms with E-state index in [1.54, 1.807) is 0 Å². The second kappa shape index (κ2) is 8.58. The van der Waals surface area contributed by atoms with Crippen LogP contribution < -0.4 is 0 Å². The van der Waals surface area contributed by atoms with E-state index in [2.05, 4.69) is 0 Å². The van der Waals surface area contributed by atoms with Crippen LogP contribution >= 0.6 is 0 Å². The van der Waals surface area contributed by atoms with Gasteiger partial charge in [-0.15, -0.1) is 15.2 Å². The molecule has 4 aliphatic heterocycles. The fourth-order valence-corrected chi connectivity index (χ4v) is 5.16. The molecule has 0 atom stereocenters. The van der Waals surface area contributed by atoms with Gasteiger partial charge in [0.1, 0.15) is 17.0 Å². The third kappa shape index (κ3) is 3.59. The van der Waals surface area contributed by atoms with Gasteiger partial charge in [-0.05, 0) is 19.3 Å². The summed E-state index contributed by atoms with van der Waals surface area (Å²) >= 11 is 0. The van der Waals surface area contributed by atoms with Crippen molar-refractivity contribution in [2.75, 3.05) is 41.0 Å². The zero-order chi connectivity index (χ0) is 23.0. The molecule has 13 heteroatoms. The molecule has 0 amide bonds. The van der Waals surface area contributed by atoms with Crippen molar-refractivity contribution in [3.05, 3.63) is 0 Å². The Kier molecular flexibility index (Phi) is 6.58. The number of carbonyl (C=O) groups is 3. The highest BCUT2D eigenvalue weighted by molar-refractivity contribution is 5.70. The highest BCUT2D eigenvalue weighted by atomic mass is 16.6. The maximum atomic E-state index is 11.8. The fourth-order valence-electron chi connectivity index (χ4n) is 5.16. The number of rotatable bonds is 9. The van der Waals surface area contributed by atoms with Crippen LogP contribution in [0.1, 0.15) is 38.5 Å². The quantitative estimate of drug-likeness (QED) is 0.304. The van der Waals surface area contributed by atoms with Gasteiger partial charge in [0.2, 0.25) is 0 Å². The molecule has 3 N–H and O–H groups in total. The van der Waals surface area contributed by atoms with E-state index in [-0.39, 0.29) is 58.2 Å². The first-order valence-corrected chi connectivity index (χ1v) is 10.0. The third-order valence-electron chi connectivity index (χ3n) is 6.67. The molecular weight excluding hydrogens is 416 g/mol. The van der Waals surface area contributed by atoms with Gasteiger partial charge in [-0.3, -0.25) is 19.3 Å². The lowest BCUT2D eigenvalue weighted by Crippen LogP contribution is -2.96. The molecule has 4 heterocycles. The third-order valence-corrected chi connectivity index (χ3v) is 6.67. The Morgan fingerprint density at radius 3 is 1.13 bits per heavy atom. The average Bonchev–Trinajstić information content (AvgIpc) is 2.78. The van der Waals surface area contributed by atoms with E-state index in [4.69, 9.17) is 14.2 Å². The smallest absolute Gasteiger partial charge is 0.305 e. The van der Waals surface area contributed by atoms with Crippen LogP contribution in [0.15, 0.2) is 0 Å². The van der Waals surface area contributed by atoms with E-state index >= 15 is 0 Å². The molecular formula is C18H30N4O9. The summed E-state index contributed by atoms with van der Waals surface area (Å²) < 4.78 is 14.1. The second-order valence-electron chi connectivity index (χ2n) is 8.26. The zero-order valence-corrected chi connectivity index (χ0v) is 17.9. The molecule has 4 rings (SSSR count). The molecule has 4 bridgehead atoms. The number of hydroxylamine groups is 6. The lowest BCUT2D eigenvalue weighted by molar-refractivity contribution is -0.545. The first-order valence-electron chi connectivity index (χ1n) is 10.0. The van der Waals surface area contributed by atoms with E-state index in [9.17, 15) is 30.0 Å². The van der Waals surface area contributed by atoms with Crippen molar-refractivity contribution in [1.82, 2.24) is 20.1 Å². The Balaban J connectivity index is 2.01. The largest absolute Gasteiger partial charge is 0.469 e. The van der Waals surface area contributed by atoms with Crippen LogP contribution in [0.25, 0.3) is 0 Å². The van der Waals surface area contributed by atoms with Crippen molar-refractivity contribution in [3.63, 3.8) is 0 Å². The van der Waals surface area contributed by atoms with Crippen LogP contribution in [-0.4, -0.2) is 112 Å². The number of hydrogen-bond donors (Lipinski definition) is 3. The summed E-state index contributed by atoms with van der Waals surface area (Å²) in [4.78, 5) is 37.4. The van der Waals surface area contributed by atoms with Crippen molar-refractivity contribution in [2.45, 2.75) is 55.5 Å². The van der Waals surface area contributed by atoms with Gasteiger partial charge in [0.05, 0.1) is 21.3 Å². The molecule has 0 saturated carbocycles. The number of ether oxygens (including phenoxy) is 3. The number of piperazine rings is 3. The van der Waals surface area contributed by atoms with Gasteiger partial charge in [0.25, 0.3) is 0 Å². The highest BCUT2D eigenvalue weighted by Crippen LogP contribution is 2.54. The minimum Gasteiger partial charge on any atom is -0.469 e. The maximum Gasteiger partial charge on any atom is 0.305 e. The van der Waals surface area contributed by atoms with Crippen LogP contribution in [0.5, 0.6) is 0 Å². The van der Waals surface area contributed by atoms with Crippen molar-refractivity contribution in [2.24, 2.45) is 0 Å². The summed E-state index contributed by atoms with van der Waals surface area (Å²) in [6.07, 6.45) is -0.372. The summed E-state index contributed by atoms with van der Waals surface area (Å²) in [5.74, 6) is -1.58. The van der Waals surface area contributed by atoms with Crippen molar-refractivity contribution >= 4 is 17.9 Å². The van der Waals surface area contributed by atoms with E-state index in [1.807, 2.05) is 4.90 Å². The summed E-state index contributed by atoms with van der Waals surface area (Å²) in [5.41, 5.74) is -4.43. The van der Waals surface area contributed by atoms with Gasteiger partial charge in [-0.2, -0.15) is 0 Å². The van der Waals surface area contributed by atoms with Gasteiger partial charge in [0, 0.05) is 38.9 Å². The van der Waals surface area contributed by atoms with Gasteiger partial charge in [-0.25, -0.2) is 0 Å². The monoisotopic (exact) mass is 446 g/mol. The minimum absolute atomic E-state index is 0.0169. The molecule has 0 unspecified atom stereocenters. The highest BCUT2D eigenvalue weighted by Gasteiger charge is 2.75. The topological polar surface area (TPSA) is 153 Å². The molecule has 0 aliphatic carbocycles. The first-order chi connectivity index (χ1) is 14.6. The predicted octanol–water partition coefficient (Wildman–Crippen LogP) is -0.649. The Bertz CT molecular complexity index is 626. The first kappa shape index (κ1) is 23.8. The molecule has 4 aliphatic rings. The van der Waals surface area contributed by atoms with Crippen molar-refractivity contribution < 1.29 is 44.2 Å². The molecule has 176 valence electrons. The Hall–Kier alpha value is -1.87. The molecule has 13 nitrogen and oxygen atoms in total. The summed E-state index contributed by atoms with van der Waals surface area (Å²) in [6, 6.07) is 0. The molecule has 0 spiro atoms. The van der Waals surface area contributed by atoms with Crippen LogP contribution in [-0.2, 0) is 28.6 Å². The van der Waals surface area contributed by atoms with E-state index in [0.717, 1.165) is 15.2 Å². The van der Waals surface area contributed by atoms with E-state index in [0.29, 0.717) is 0 Å². The zero-order valence-electron chi connectivity index (χ0n) is 17.9. The van der Waals surface area contributed by atoms with Gasteiger partial charge < -0.3 is 29.8 Å². The summed E-state index contributed by atoms with van der Waals surface area (Å²) in [7, 11) is 3.72. The molecule has 31 heavy (non-hydrogen) atoms. The summed E-state index contributed by atoms with van der Waals surface area (Å²) in [5, 5.41) is 36.4. The van der Waals surface area contributed by atoms with Gasteiger partial charge in [0.15, 0.2) is 0 Å². The van der Waals surface area contributed by atoms with Crippen LogP contribution in [0.4, 0.5) is 0 Å². The molecule has 4 saturated heterocycles. The second-order valence-corrected chi connectivity index (χ2v) is 8.26. The molecule has 0 aromatic carbocycles. The van der Waals surface area contributed by atoms with Gasteiger partial charge >= 0.3 is 17.9 Å². The SMILES string of the molecule is COC(=O)CCC12CN3CC(CCC(=O)OC)(N1O)N(O)C(CCC(=O)OC)(C3)N2O. The predicted molar refractivity (Wildman–Crippen MR) is 99.3 cm³/mol. The lowest BCUT2D eigenvalue weighted by atomic mass is 9.77. The standard InChI is InChI=1S/C18H30N4O9/c1-29-13(23)4-7-16-10-19-11-17(20(16)26,8-5-14(24)30-2)22(28)18(12-19,21(16)27)9-6-15(25)31-3/h26-28H,4-12H2,1-3H3. The number of nitrogens with zero attached hydrogens (tertiary/aromatic N) is 4. The molecule has 0 aromatic rings. The van der Waals surface area contributed by atoms with E-state index < -0.39 is 34.9 Å². The fraction of sp³-hybridized carbons (Fsp3) is 0.833. The molecule has 4 fully saturated rings. The van der Waals surface area contributed by atoms with Crippen LogP contribution in [0, 0.1) is 0 Å². The van der Waals surface area contributed by atoms with Crippen molar-refractivity contribution in [1.29, 1.82) is 0 Å². The minimum atomic E-state index is -1.48. The van der Waals surface area contributed by atoms with Gasteiger partial charge in [-0.1, -0.05) is 0 Å². The maximum absolute atomic E-state index is 11.8. The Morgan fingerprint density at radius 1 is 0.645 bits per heavy atom.